The molecule has 1 unspecified atom stereocenters. The summed E-state index contributed by atoms with van der Waals surface area (Å²) in [5.41, 5.74) is 0.592. The third-order valence-corrected chi connectivity index (χ3v) is 3.81. The number of hydrogen-bond donors (Lipinski definition) is 3. The first-order chi connectivity index (χ1) is 10.1. The van der Waals surface area contributed by atoms with Crippen LogP contribution in [0.2, 0.25) is 0 Å². The fourth-order valence-electron chi connectivity index (χ4n) is 2.66. The van der Waals surface area contributed by atoms with E-state index in [0.29, 0.717) is 18.5 Å². The summed E-state index contributed by atoms with van der Waals surface area (Å²) in [7, 11) is 0. The van der Waals surface area contributed by atoms with E-state index in [9.17, 15) is 9.18 Å². The summed E-state index contributed by atoms with van der Waals surface area (Å²) in [6.07, 6.45) is 3.52. The second-order valence-electron chi connectivity index (χ2n) is 5.30. The van der Waals surface area contributed by atoms with E-state index < -0.39 is 11.6 Å². The van der Waals surface area contributed by atoms with Crippen LogP contribution >= 0.6 is 0 Å². The van der Waals surface area contributed by atoms with Crippen LogP contribution in [0.15, 0.2) is 18.2 Å². The number of halogens is 1. The molecule has 1 aromatic carbocycles. The first-order valence-corrected chi connectivity index (χ1v) is 7.24. The topological polar surface area (TPSA) is 72.8 Å². The standard InChI is InChI=1S/C15H21FN2O3/c16-13-9-11(4-5-14(13)20)10-17-15(21)18-7-2-1-3-12(18)6-8-19/h4-5,9,12,19-20H,1-3,6-8,10H2,(H,17,21). The highest BCUT2D eigenvalue weighted by Gasteiger charge is 2.25. The molecule has 1 aliphatic heterocycles. The number of aliphatic hydroxyl groups excluding tert-OH is 1. The van der Waals surface area contributed by atoms with Crippen LogP contribution in [0.3, 0.4) is 0 Å². The number of hydrogen-bond acceptors (Lipinski definition) is 3. The molecule has 1 atom stereocenters. The molecule has 1 aromatic rings. The minimum Gasteiger partial charge on any atom is -0.505 e. The summed E-state index contributed by atoms with van der Waals surface area (Å²) in [4.78, 5) is 13.9. The summed E-state index contributed by atoms with van der Waals surface area (Å²) in [6.45, 7) is 0.955. The van der Waals surface area contributed by atoms with Gasteiger partial charge in [-0.1, -0.05) is 6.07 Å². The van der Waals surface area contributed by atoms with Crippen molar-refractivity contribution in [2.24, 2.45) is 0 Å². The van der Waals surface area contributed by atoms with E-state index >= 15 is 0 Å². The molecule has 0 aliphatic carbocycles. The van der Waals surface area contributed by atoms with Crippen LogP contribution in [0, 0.1) is 5.82 Å². The van der Waals surface area contributed by atoms with Crippen molar-refractivity contribution in [1.82, 2.24) is 10.2 Å². The number of aliphatic hydroxyl groups is 1. The summed E-state index contributed by atoms with van der Waals surface area (Å²) in [6, 6.07) is 3.92. The Labute approximate surface area is 123 Å². The average molecular weight is 296 g/mol. The maximum atomic E-state index is 13.2. The van der Waals surface area contributed by atoms with E-state index in [1.807, 2.05) is 0 Å². The molecule has 1 heterocycles. The lowest BCUT2D eigenvalue weighted by molar-refractivity contribution is 0.131. The van der Waals surface area contributed by atoms with Gasteiger partial charge in [-0.3, -0.25) is 0 Å². The zero-order valence-electron chi connectivity index (χ0n) is 11.9. The Hall–Kier alpha value is -1.82. The van der Waals surface area contributed by atoms with Crippen molar-refractivity contribution >= 4 is 6.03 Å². The molecule has 2 amide bonds. The van der Waals surface area contributed by atoms with Gasteiger partial charge in [0.05, 0.1) is 0 Å². The van der Waals surface area contributed by atoms with Crippen LogP contribution in [-0.4, -0.2) is 40.3 Å². The monoisotopic (exact) mass is 296 g/mol. The molecule has 0 radical (unpaired) electrons. The second kappa shape index (κ2) is 7.26. The van der Waals surface area contributed by atoms with Crippen molar-refractivity contribution in [3.05, 3.63) is 29.6 Å². The van der Waals surface area contributed by atoms with E-state index in [4.69, 9.17) is 10.2 Å². The Morgan fingerprint density at radius 2 is 2.24 bits per heavy atom. The van der Waals surface area contributed by atoms with Gasteiger partial charge in [-0.15, -0.1) is 0 Å². The predicted octanol–water partition coefficient (Wildman–Crippen LogP) is 1.98. The number of amides is 2. The summed E-state index contributed by atoms with van der Waals surface area (Å²) < 4.78 is 13.2. The SMILES string of the molecule is O=C(NCc1ccc(O)c(F)c1)N1CCCCC1CCO. The number of nitrogens with zero attached hydrogens (tertiary/aromatic N) is 1. The van der Waals surface area contributed by atoms with Gasteiger partial charge in [-0.2, -0.15) is 0 Å². The van der Waals surface area contributed by atoms with Gasteiger partial charge in [0.25, 0.3) is 0 Å². The molecule has 116 valence electrons. The van der Waals surface area contributed by atoms with Crippen molar-refractivity contribution in [3.63, 3.8) is 0 Å². The van der Waals surface area contributed by atoms with Crippen molar-refractivity contribution < 1.29 is 19.4 Å². The number of aromatic hydroxyl groups is 1. The van der Waals surface area contributed by atoms with Crippen LogP contribution in [0.4, 0.5) is 9.18 Å². The highest BCUT2D eigenvalue weighted by Crippen LogP contribution is 2.20. The van der Waals surface area contributed by atoms with Crippen LogP contribution < -0.4 is 5.32 Å². The van der Waals surface area contributed by atoms with E-state index in [1.165, 1.54) is 12.1 Å². The molecular weight excluding hydrogens is 275 g/mol. The Kier molecular flexibility index (Phi) is 5.38. The number of piperidine rings is 1. The van der Waals surface area contributed by atoms with Gasteiger partial charge in [0.2, 0.25) is 0 Å². The van der Waals surface area contributed by atoms with Gasteiger partial charge in [0.15, 0.2) is 11.6 Å². The van der Waals surface area contributed by atoms with Crippen LogP contribution in [-0.2, 0) is 6.54 Å². The smallest absolute Gasteiger partial charge is 0.317 e. The van der Waals surface area contributed by atoms with Crippen molar-refractivity contribution in [3.8, 4) is 5.75 Å². The average Bonchev–Trinajstić information content (AvgIpc) is 2.49. The zero-order valence-corrected chi connectivity index (χ0v) is 11.9. The van der Waals surface area contributed by atoms with E-state index in [1.54, 1.807) is 11.0 Å². The van der Waals surface area contributed by atoms with E-state index in [-0.39, 0.29) is 25.2 Å². The van der Waals surface area contributed by atoms with Gasteiger partial charge in [0.1, 0.15) is 0 Å². The molecule has 5 nitrogen and oxygen atoms in total. The maximum Gasteiger partial charge on any atom is 0.317 e. The predicted molar refractivity (Wildman–Crippen MR) is 76.3 cm³/mol. The molecule has 0 spiro atoms. The van der Waals surface area contributed by atoms with Gasteiger partial charge in [0, 0.05) is 25.7 Å². The number of nitrogens with one attached hydrogen (secondary N) is 1. The first kappa shape index (κ1) is 15.6. The molecule has 1 aliphatic rings. The van der Waals surface area contributed by atoms with Crippen molar-refractivity contribution in [2.75, 3.05) is 13.2 Å². The third kappa shape index (κ3) is 4.07. The maximum absolute atomic E-state index is 13.2. The van der Waals surface area contributed by atoms with Gasteiger partial charge in [-0.05, 0) is 43.4 Å². The molecule has 0 bridgehead atoms. The lowest BCUT2D eigenvalue weighted by Crippen LogP contribution is -2.48. The normalized spacial score (nSPS) is 18.6. The largest absolute Gasteiger partial charge is 0.505 e. The quantitative estimate of drug-likeness (QED) is 0.795. The van der Waals surface area contributed by atoms with Crippen molar-refractivity contribution in [2.45, 2.75) is 38.3 Å². The number of likely N-dealkylation sites (tertiary alicyclic amines) is 1. The Morgan fingerprint density at radius 3 is 2.95 bits per heavy atom. The van der Waals surface area contributed by atoms with E-state index in [2.05, 4.69) is 5.32 Å². The highest BCUT2D eigenvalue weighted by atomic mass is 19.1. The fraction of sp³-hybridized carbons (Fsp3) is 0.533. The van der Waals surface area contributed by atoms with E-state index in [0.717, 1.165) is 19.3 Å². The minimum absolute atomic E-state index is 0.0671. The number of carbonyl (C=O) groups excluding carboxylic acids is 1. The van der Waals surface area contributed by atoms with Crippen molar-refractivity contribution in [1.29, 1.82) is 0 Å². The number of rotatable bonds is 4. The lowest BCUT2D eigenvalue weighted by Gasteiger charge is -2.35. The number of urea groups is 1. The number of benzene rings is 1. The summed E-state index contributed by atoms with van der Waals surface area (Å²) >= 11 is 0. The van der Waals surface area contributed by atoms with Gasteiger partial charge >= 0.3 is 6.03 Å². The number of phenolic OH excluding ortho intramolecular Hbond substituents is 1. The molecule has 0 aromatic heterocycles. The molecule has 6 heteroatoms. The fourth-order valence-corrected chi connectivity index (χ4v) is 2.66. The first-order valence-electron chi connectivity index (χ1n) is 7.24. The molecule has 1 fully saturated rings. The summed E-state index contributed by atoms with van der Waals surface area (Å²) in [5.74, 6) is -1.10. The van der Waals surface area contributed by atoms with Gasteiger partial charge < -0.3 is 20.4 Å². The highest BCUT2D eigenvalue weighted by molar-refractivity contribution is 5.74. The molecular formula is C15H21FN2O3. The van der Waals surface area contributed by atoms with Crippen LogP contribution in [0.1, 0.15) is 31.2 Å². The van der Waals surface area contributed by atoms with Crippen LogP contribution in [0.5, 0.6) is 5.75 Å². The Morgan fingerprint density at radius 1 is 1.43 bits per heavy atom. The Balaban J connectivity index is 1.92. The zero-order chi connectivity index (χ0) is 15.2. The summed E-state index contributed by atoms with van der Waals surface area (Å²) in [5, 5.41) is 20.9. The molecule has 0 saturated carbocycles. The second-order valence-corrected chi connectivity index (χ2v) is 5.30. The number of phenols is 1. The van der Waals surface area contributed by atoms with Crippen LogP contribution in [0.25, 0.3) is 0 Å². The third-order valence-electron chi connectivity index (χ3n) is 3.81. The molecule has 3 N–H and O–H groups in total. The Bertz CT molecular complexity index is 494. The minimum atomic E-state index is -0.696. The molecule has 2 rings (SSSR count). The molecule has 1 saturated heterocycles. The van der Waals surface area contributed by atoms with Gasteiger partial charge in [-0.25, -0.2) is 9.18 Å². The molecule has 21 heavy (non-hydrogen) atoms. The lowest BCUT2D eigenvalue weighted by atomic mass is 10.0. The number of carbonyl (C=O) groups is 1.